The SMILES string of the molecule is CC(C)CC(OCc1ccc(C(F)(F)F)cc1)C(=O)O. The second-order valence-electron chi connectivity index (χ2n) is 4.96. The topological polar surface area (TPSA) is 46.5 Å². The maximum Gasteiger partial charge on any atom is 0.416 e. The molecule has 0 heterocycles. The zero-order valence-electron chi connectivity index (χ0n) is 11.3. The van der Waals surface area contributed by atoms with E-state index in [2.05, 4.69) is 0 Å². The number of aliphatic carboxylic acids is 1. The van der Waals surface area contributed by atoms with Gasteiger partial charge < -0.3 is 9.84 Å². The summed E-state index contributed by atoms with van der Waals surface area (Å²) in [6.45, 7) is 3.72. The summed E-state index contributed by atoms with van der Waals surface area (Å²) in [5.41, 5.74) is -0.230. The van der Waals surface area contributed by atoms with E-state index in [1.807, 2.05) is 13.8 Å². The van der Waals surface area contributed by atoms with Crippen LogP contribution in [0, 0.1) is 5.92 Å². The Balaban J connectivity index is 2.62. The van der Waals surface area contributed by atoms with Gasteiger partial charge in [0.15, 0.2) is 6.10 Å². The lowest BCUT2D eigenvalue weighted by atomic mass is 10.1. The van der Waals surface area contributed by atoms with Crippen LogP contribution in [0.15, 0.2) is 24.3 Å². The number of benzene rings is 1. The van der Waals surface area contributed by atoms with E-state index in [4.69, 9.17) is 9.84 Å². The molecular formula is C14H17F3O3. The molecule has 1 rings (SSSR count). The number of carboxylic acids is 1. The lowest BCUT2D eigenvalue weighted by molar-refractivity contribution is -0.152. The van der Waals surface area contributed by atoms with Gasteiger partial charge in [-0.05, 0) is 30.0 Å². The number of halogens is 3. The Morgan fingerprint density at radius 1 is 1.25 bits per heavy atom. The highest BCUT2D eigenvalue weighted by Gasteiger charge is 2.30. The second-order valence-corrected chi connectivity index (χ2v) is 4.96. The van der Waals surface area contributed by atoms with E-state index in [-0.39, 0.29) is 12.5 Å². The summed E-state index contributed by atoms with van der Waals surface area (Å²) >= 11 is 0. The standard InChI is InChI=1S/C14H17F3O3/c1-9(2)7-12(13(18)19)20-8-10-3-5-11(6-4-10)14(15,16)17/h3-6,9,12H,7-8H2,1-2H3,(H,18,19). The van der Waals surface area contributed by atoms with Crippen molar-refractivity contribution in [2.75, 3.05) is 0 Å². The minimum Gasteiger partial charge on any atom is -0.479 e. The molecule has 1 unspecified atom stereocenters. The molecule has 0 aromatic heterocycles. The summed E-state index contributed by atoms with van der Waals surface area (Å²) in [5.74, 6) is -0.908. The van der Waals surface area contributed by atoms with Gasteiger partial charge in [0.1, 0.15) is 0 Å². The van der Waals surface area contributed by atoms with Gasteiger partial charge >= 0.3 is 12.1 Å². The first kappa shape index (κ1) is 16.5. The first-order valence-corrected chi connectivity index (χ1v) is 6.20. The molecule has 3 nitrogen and oxygen atoms in total. The maximum atomic E-state index is 12.4. The molecule has 1 aromatic carbocycles. The van der Waals surface area contributed by atoms with E-state index in [1.165, 1.54) is 12.1 Å². The fraction of sp³-hybridized carbons (Fsp3) is 0.500. The van der Waals surface area contributed by atoms with Crippen LogP contribution in [0.5, 0.6) is 0 Å². The van der Waals surface area contributed by atoms with Crippen LogP contribution in [-0.2, 0) is 22.3 Å². The summed E-state index contributed by atoms with van der Waals surface area (Å²) in [6, 6.07) is 4.49. The third-order valence-electron chi connectivity index (χ3n) is 2.69. The average molecular weight is 290 g/mol. The van der Waals surface area contributed by atoms with Gasteiger partial charge in [-0.3, -0.25) is 0 Å². The van der Waals surface area contributed by atoms with Gasteiger partial charge in [0.05, 0.1) is 12.2 Å². The van der Waals surface area contributed by atoms with E-state index >= 15 is 0 Å². The van der Waals surface area contributed by atoms with Crippen LogP contribution in [0.2, 0.25) is 0 Å². The number of hydrogen-bond acceptors (Lipinski definition) is 2. The molecule has 0 saturated carbocycles. The third-order valence-corrected chi connectivity index (χ3v) is 2.69. The summed E-state index contributed by atoms with van der Waals surface area (Å²) in [7, 11) is 0. The fourth-order valence-electron chi connectivity index (χ4n) is 1.66. The predicted molar refractivity (Wildman–Crippen MR) is 67.1 cm³/mol. The summed E-state index contributed by atoms with van der Waals surface area (Å²) < 4.78 is 42.4. The number of alkyl halides is 3. The largest absolute Gasteiger partial charge is 0.479 e. The summed E-state index contributed by atoms with van der Waals surface area (Å²) in [6.07, 6.45) is -4.96. The van der Waals surface area contributed by atoms with Crippen molar-refractivity contribution >= 4 is 5.97 Å². The predicted octanol–water partition coefficient (Wildman–Crippen LogP) is 3.72. The van der Waals surface area contributed by atoms with Crippen LogP contribution in [0.25, 0.3) is 0 Å². The number of rotatable bonds is 6. The molecule has 1 N–H and O–H groups in total. The Labute approximate surface area is 115 Å². The van der Waals surface area contributed by atoms with E-state index in [0.717, 1.165) is 12.1 Å². The van der Waals surface area contributed by atoms with Crippen LogP contribution < -0.4 is 0 Å². The number of hydrogen-bond donors (Lipinski definition) is 1. The molecule has 20 heavy (non-hydrogen) atoms. The Kier molecular flexibility index (Phi) is 5.56. The first-order chi connectivity index (χ1) is 9.20. The smallest absolute Gasteiger partial charge is 0.416 e. The number of carboxylic acid groups (broad SMARTS) is 1. The third kappa shape index (κ3) is 5.21. The molecule has 0 fully saturated rings. The van der Waals surface area contributed by atoms with Gasteiger partial charge in [-0.2, -0.15) is 13.2 Å². The van der Waals surface area contributed by atoms with Crippen molar-refractivity contribution in [3.05, 3.63) is 35.4 Å². The van der Waals surface area contributed by atoms with Crippen molar-refractivity contribution in [2.45, 2.75) is 39.2 Å². The molecule has 1 atom stereocenters. The van der Waals surface area contributed by atoms with E-state index in [1.54, 1.807) is 0 Å². The van der Waals surface area contributed by atoms with Crippen LogP contribution in [0.3, 0.4) is 0 Å². The Morgan fingerprint density at radius 3 is 2.20 bits per heavy atom. The molecule has 0 aliphatic rings. The van der Waals surface area contributed by atoms with Crippen LogP contribution in [0.1, 0.15) is 31.4 Å². The number of carbonyl (C=O) groups is 1. The molecule has 1 aromatic rings. The average Bonchev–Trinajstić information content (AvgIpc) is 2.33. The zero-order valence-corrected chi connectivity index (χ0v) is 11.3. The second kappa shape index (κ2) is 6.74. The van der Waals surface area contributed by atoms with Crippen molar-refractivity contribution in [1.82, 2.24) is 0 Å². The molecule has 0 aliphatic carbocycles. The molecular weight excluding hydrogens is 273 g/mol. The van der Waals surface area contributed by atoms with Gasteiger partial charge in [0.2, 0.25) is 0 Å². The molecule has 0 bridgehead atoms. The summed E-state index contributed by atoms with van der Waals surface area (Å²) in [5, 5.41) is 8.98. The monoisotopic (exact) mass is 290 g/mol. The lowest BCUT2D eigenvalue weighted by Gasteiger charge is -2.16. The Hall–Kier alpha value is -1.56. The Bertz CT molecular complexity index is 438. The molecule has 0 aliphatic heterocycles. The number of ether oxygens (including phenoxy) is 1. The quantitative estimate of drug-likeness (QED) is 0.868. The van der Waals surface area contributed by atoms with Crippen molar-refractivity contribution in [2.24, 2.45) is 5.92 Å². The van der Waals surface area contributed by atoms with Crippen molar-refractivity contribution in [3.63, 3.8) is 0 Å². The summed E-state index contributed by atoms with van der Waals surface area (Å²) in [4.78, 5) is 11.0. The van der Waals surface area contributed by atoms with Gasteiger partial charge in [-0.25, -0.2) is 4.79 Å². The molecule has 112 valence electrons. The van der Waals surface area contributed by atoms with Gasteiger partial charge in [0.25, 0.3) is 0 Å². The molecule has 0 radical (unpaired) electrons. The van der Waals surface area contributed by atoms with Gasteiger partial charge in [-0.15, -0.1) is 0 Å². The van der Waals surface area contributed by atoms with Crippen LogP contribution >= 0.6 is 0 Å². The van der Waals surface area contributed by atoms with E-state index in [9.17, 15) is 18.0 Å². The molecule has 0 saturated heterocycles. The molecule has 0 amide bonds. The van der Waals surface area contributed by atoms with Gasteiger partial charge in [-0.1, -0.05) is 26.0 Å². The molecule has 0 spiro atoms. The van der Waals surface area contributed by atoms with Crippen molar-refractivity contribution < 1.29 is 27.8 Å². The van der Waals surface area contributed by atoms with Crippen molar-refractivity contribution in [1.29, 1.82) is 0 Å². The highest BCUT2D eigenvalue weighted by Crippen LogP contribution is 2.29. The Morgan fingerprint density at radius 2 is 1.80 bits per heavy atom. The first-order valence-electron chi connectivity index (χ1n) is 6.20. The fourth-order valence-corrected chi connectivity index (χ4v) is 1.66. The maximum absolute atomic E-state index is 12.4. The van der Waals surface area contributed by atoms with Crippen molar-refractivity contribution in [3.8, 4) is 0 Å². The minimum absolute atomic E-state index is 0.0260. The molecule has 6 heteroatoms. The van der Waals surface area contributed by atoms with E-state index in [0.29, 0.717) is 12.0 Å². The van der Waals surface area contributed by atoms with E-state index < -0.39 is 23.8 Å². The highest BCUT2D eigenvalue weighted by atomic mass is 19.4. The normalized spacial score (nSPS) is 13.5. The minimum atomic E-state index is -4.37. The zero-order chi connectivity index (χ0) is 15.3. The van der Waals surface area contributed by atoms with Crippen LogP contribution in [-0.4, -0.2) is 17.2 Å². The van der Waals surface area contributed by atoms with Gasteiger partial charge in [0, 0.05) is 0 Å². The highest BCUT2D eigenvalue weighted by molar-refractivity contribution is 5.72. The van der Waals surface area contributed by atoms with Crippen LogP contribution in [0.4, 0.5) is 13.2 Å². The lowest BCUT2D eigenvalue weighted by Crippen LogP contribution is -2.25.